The molecule has 1 aromatic rings. The molecule has 6 atom stereocenters. The fourth-order valence-electron chi connectivity index (χ4n) is 4.74. The van der Waals surface area contributed by atoms with Gasteiger partial charge in [0.25, 0.3) is 0 Å². The molecule has 0 spiro atoms. The summed E-state index contributed by atoms with van der Waals surface area (Å²) in [4.78, 5) is 0. The Morgan fingerprint density at radius 2 is 1.62 bits per heavy atom. The maximum atomic E-state index is 14.9. The second kappa shape index (κ2) is 7.01. The van der Waals surface area contributed by atoms with Crippen molar-refractivity contribution in [3.05, 3.63) is 35.1 Å². The molecule has 0 aliphatic heterocycles. The van der Waals surface area contributed by atoms with Crippen molar-refractivity contribution in [3.63, 3.8) is 0 Å². The average molecular weight is 346 g/mol. The molecule has 0 amide bonds. The van der Waals surface area contributed by atoms with Gasteiger partial charge in [-0.15, -0.1) is 0 Å². The first-order valence-corrected chi connectivity index (χ1v) is 8.84. The smallest absolute Gasteiger partial charge is 0.194 e. The molecule has 2 fully saturated rings. The number of hydrogen-bond acceptors (Lipinski definition) is 0. The standard InChI is InChI=1S/C19H23F5/c1-2-3-10-4-5-12-14(15(20)6-10)9-13(18(12)23)11-7-16(21)19(24)17(22)8-11/h7-8,10,12-15,18H,2-6,9H2,1H3. The van der Waals surface area contributed by atoms with E-state index in [-0.39, 0.29) is 12.0 Å². The van der Waals surface area contributed by atoms with Crippen molar-refractivity contribution in [3.8, 4) is 0 Å². The lowest BCUT2D eigenvalue weighted by Gasteiger charge is -2.20. The van der Waals surface area contributed by atoms with Crippen LogP contribution in [0.1, 0.15) is 56.9 Å². The summed E-state index contributed by atoms with van der Waals surface area (Å²) in [5, 5.41) is 0. The van der Waals surface area contributed by atoms with E-state index in [0.29, 0.717) is 18.8 Å². The maximum Gasteiger partial charge on any atom is 0.194 e. The third kappa shape index (κ3) is 3.18. The predicted molar refractivity (Wildman–Crippen MR) is 82.7 cm³/mol. The van der Waals surface area contributed by atoms with E-state index in [4.69, 9.17) is 0 Å². The van der Waals surface area contributed by atoms with E-state index in [1.54, 1.807) is 0 Å². The molecule has 5 heteroatoms. The monoisotopic (exact) mass is 346 g/mol. The van der Waals surface area contributed by atoms with E-state index in [9.17, 15) is 22.0 Å². The topological polar surface area (TPSA) is 0 Å². The van der Waals surface area contributed by atoms with Gasteiger partial charge >= 0.3 is 0 Å². The molecule has 6 unspecified atom stereocenters. The first kappa shape index (κ1) is 17.7. The zero-order chi connectivity index (χ0) is 17.4. The molecule has 3 rings (SSSR count). The van der Waals surface area contributed by atoms with Crippen LogP contribution >= 0.6 is 0 Å². The minimum absolute atomic E-state index is 0.101. The Labute approximate surface area is 139 Å². The second-order valence-corrected chi connectivity index (χ2v) is 7.40. The van der Waals surface area contributed by atoms with Crippen molar-refractivity contribution in [2.75, 3.05) is 0 Å². The Kier molecular flexibility index (Phi) is 5.16. The van der Waals surface area contributed by atoms with Crippen LogP contribution in [0.2, 0.25) is 0 Å². The van der Waals surface area contributed by atoms with Crippen LogP contribution in [0.15, 0.2) is 12.1 Å². The normalized spacial score (nSPS) is 36.4. The van der Waals surface area contributed by atoms with Crippen molar-refractivity contribution in [1.82, 2.24) is 0 Å². The maximum absolute atomic E-state index is 14.9. The van der Waals surface area contributed by atoms with Crippen molar-refractivity contribution in [2.45, 2.75) is 63.7 Å². The molecule has 0 nitrogen and oxygen atoms in total. The summed E-state index contributed by atoms with van der Waals surface area (Å²) in [7, 11) is 0. The number of alkyl halides is 2. The highest BCUT2D eigenvalue weighted by molar-refractivity contribution is 5.26. The van der Waals surface area contributed by atoms with Gasteiger partial charge < -0.3 is 0 Å². The Morgan fingerprint density at radius 1 is 0.958 bits per heavy atom. The van der Waals surface area contributed by atoms with Crippen LogP contribution in [0.3, 0.4) is 0 Å². The van der Waals surface area contributed by atoms with Crippen molar-refractivity contribution < 1.29 is 22.0 Å². The van der Waals surface area contributed by atoms with Crippen molar-refractivity contribution in [1.29, 1.82) is 0 Å². The molecule has 0 N–H and O–H groups in total. The first-order chi connectivity index (χ1) is 11.4. The molecule has 2 aliphatic carbocycles. The van der Waals surface area contributed by atoms with Gasteiger partial charge in [-0.1, -0.05) is 19.8 Å². The van der Waals surface area contributed by atoms with Crippen LogP contribution in [-0.2, 0) is 0 Å². The number of fused-ring (bicyclic) bond motifs is 1. The van der Waals surface area contributed by atoms with Crippen LogP contribution < -0.4 is 0 Å². The highest BCUT2D eigenvalue weighted by Crippen LogP contribution is 2.52. The number of hydrogen-bond donors (Lipinski definition) is 0. The minimum atomic E-state index is -1.55. The van der Waals surface area contributed by atoms with Crippen LogP contribution in [-0.4, -0.2) is 12.3 Å². The van der Waals surface area contributed by atoms with E-state index >= 15 is 0 Å². The molecule has 2 saturated carbocycles. The molecule has 0 heterocycles. The summed E-state index contributed by atoms with van der Waals surface area (Å²) in [6, 6.07) is 1.71. The lowest BCUT2D eigenvalue weighted by Crippen LogP contribution is -2.22. The Morgan fingerprint density at radius 3 is 2.25 bits per heavy atom. The fraction of sp³-hybridized carbons (Fsp3) is 0.684. The van der Waals surface area contributed by atoms with Crippen LogP contribution in [0, 0.1) is 35.2 Å². The van der Waals surface area contributed by atoms with Gasteiger partial charge in [0.2, 0.25) is 0 Å². The van der Waals surface area contributed by atoms with E-state index in [1.165, 1.54) is 0 Å². The van der Waals surface area contributed by atoms with Gasteiger partial charge in [0.15, 0.2) is 17.5 Å². The van der Waals surface area contributed by atoms with E-state index in [0.717, 1.165) is 31.4 Å². The fourth-order valence-corrected chi connectivity index (χ4v) is 4.74. The molecule has 24 heavy (non-hydrogen) atoms. The van der Waals surface area contributed by atoms with Gasteiger partial charge in [0, 0.05) is 5.92 Å². The summed E-state index contributed by atoms with van der Waals surface area (Å²) in [6.45, 7) is 2.06. The Bertz CT molecular complexity index is 564. The molecule has 1 aromatic carbocycles. The van der Waals surface area contributed by atoms with Gasteiger partial charge in [0.1, 0.15) is 12.3 Å². The molecule has 0 bridgehead atoms. The largest absolute Gasteiger partial charge is 0.247 e. The molecule has 0 aromatic heterocycles. The summed E-state index contributed by atoms with van der Waals surface area (Å²) in [5.41, 5.74) is 0.101. The predicted octanol–water partition coefficient (Wildman–Crippen LogP) is 6.10. The van der Waals surface area contributed by atoms with Crippen molar-refractivity contribution >= 4 is 0 Å². The van der Waals surface area contributed by atoms with Gasteiger partial charge in [-0.3, -0.25) is 0 Å². The number of halogens is 5. The first-order valence-electron chi connectivity index (χ1n) is 8.84. The SMILES string of the molecule is CCCC1CCC2C(F)C(c3cc(F)c(F)c(F)c3)CC2C(F)C1. The molecule has 0 radical (unpaired) electrons. The molecule has 134 valence electrons. The lowest BCUT2D eigenvalue weighted by molar-refractivity contribution is 0.148. The second-order valence-electron chi connectivity index (χ2n) is 7.40. The number of rotatable bonds is 3. The quantitative estimate of drug-likeness (QED) is 0.458. The van der Waals surface area contributed by atoms with Gasteiger partial charge in [-0.05, 0) is 61.1 Å². The van der Waals surface area contributed by atoms with Gasteiger partial charge in [0.05, 0.1) is 0 Å². The molecular weight excluding hydrogens is 323 g/mol. The highest BCUT2D eigenvalue weighted by atomic mass is 19.2. The van der Waals surface area contributed by atoms with Gasteiger partial charge in [-0.2, -0.15) is 0 Å². The summed E-state index contributed by atoms with van der Waals surface area (Å²) < 4.78 is 69.6. The Hall–Kier alpha value is -1.13. The van der Waals surface area contributed by atoms with E-state index in [1.807, 2.05) is 0 Å². The van der Waals surface area contributed by atoms with E-state index in [2.05, 4.69) is 6.92 Å². The molecule has 0 saturated heterocycles. The third-order valence-electron chi connectivity index (χ3n) is 5.93. The molecular formula is C19H23F5. The van der Waals surface area contributed by atoms with Crippen LogP contribution in [0.4, 0.5) is 22.0 Å². The van der Waals surface area contributed by atoms with Crippen LogP contribution in [0.5, 0.6) is 0 Å². The van der Waals surface area contributed by atoms with Crippen LogP contribution in [0.25, 0.3) is 0 Å². The van der Waals surface area contributed by atoms with E-state index < -0.39 is 47.5 Å². The minimum Gasteiger partial charge on any atom is -0.247 e. The third-order valence-corrected chi connectivity index (χ3v) is 5.93. The summed E-state index contributed by atoms with van der Waals surface area (Å²) in [5.74, 6) is -5.47. The highest BCUT2D eigenvalue weighted by Gasteiger charge is 2.49. The van der Waals surface area contributed by atoms with Crippen molar-refractivity contribution in [2.24, 2.45) is 17.8 Å². The summed E-state index contributed by atoms with van der Waals surface area (Å²) >= 11 is 0. The Balaban J connectivity index is 1.81. The molecule has 2 aliphatic rings. The lowest BCUT2D eigenvalue weighted by atomic mass is 9.89. The average Bonchev–Trinajstić information content (AvgIpc) is 2.78. The zero-order valence-corrected chi connectivity index (χ0v) is 13.8. The number of benzene rings is 1. The summed E-state index contributed by atoms with van der Waals surface area (Å²) in [6.07, 6.45) is 1.62. The zero-order valence-electron chi connectivity index (χ0n) is 13.8. The van der Waals surface area contributed by atoms with Gasteiger partial charge in [-0.25, -0.2) is 22.0 Å².